The number of benzene rings is 1. The zero-order valence-corrected chi connectivity index (χ0v) is 33.2. The third kappa shape index (κ3) is 6.26. The minimum Gasteiger partial charge on any atom is -0.489 e. The highest BCUT2D eigenvalue weighted by molar-refractivity contribution is 6.00. The van der Waals surface area contributed by atoms with Crippen molar-refractivity contribution in [1.29, 1.82) is 0 Å². The lowest BCUT2D eigenvalue weighted by Crippen LogP contribution is -2.28. The lowest BCUT2D eigenvalue weighted by atomic mass is 9.77. The molecule has 4 heteroatoms. The summed E-state index contributed by atoms with van der Waals surface area (Å²) in [4.78, 5) is 2.54. The van der Waals surface area contributed by atoms with Gasteiger partial charge in [-0.15, -0.1) is 0 Å². The molecule has 0 saturated carbocycles. The number of pyridine rings is 1. The molecule has 266 valence electrons. The van der Waals surface area contributed by atoms with Gasteiger partial charge in [0.1, 0.15) is 25.5 Å². The lowest BCUT2D eigenvalue weighted by Gasteiger charge is -2.33. The van der Waals surface area contributed by atoms with E-state index in [4.69, 9.17) is 4.74 Å². The molecule has 6 rings (SSSR count). The molecule has 4 aliphatic rings. The normalized spacial score (nSPS) is 24.2. The molecule has 2 unspecified atom stereocenters. The van der Waals surface area contributed by atoms with Crippen LogP contribution in [-0.2, 0) is 17.2 Å². The average Bonchev–Trinajstić information content (AvgIpc) is 3.58. The molecule has 0 N–H and O–H groups in total. The van der Waals surface area contributed by atoms with E-state index in [0.717, 1.165) is 45.2 Å². The predicted octanol–water partition coefficient (Wildman–Crippen LogP) is 10.7. The van der Waals surface area contributed by atoms with Crippen molar-refractivity contribution in [3.8, 4) is 0 Å². The fourth-order valence-corrected chi connectivity index (χ4v) is 9.17. The Labute approximate surface area is 303 Å². The van der Waals surface area contributed by atoms with Crippen LogP contribution in [-0.4, -0.2) is 23.4 Å². The van der Waals surface area contributed by atoms with Crippen molar-refractivity contribution >= 4 is 11.4 Å². The number of anilines is 1. The summed E-state index contributed by atoms with van der Waals surface area (Å²) in [5.41, 5.74) is 13.9. The largest absolute Gasteiger partial charge is 0.489 e. The molecule has 1 aromatic carbocycles. The number of hydrogen-bond donors (Lipinski definition) is 0. The van der Waals surface area contributed by atoms with E-state index in [1.165, 1.54) is 62.0 Å². The van der Waals surface area contributed by atoms with E-state index < -0.39 is 0 Å². The Morgan fingerprint density at radius 1 is 0.920 bits per heavy atom. The van der Waals surface area contributed by atoms with Gasteiger partial charge in [-0.3, -0.25) is 0 Å². The SMILES string of the molecule is CCN1/C(=C/CC2(C)CCC(/C=C/C3=[N+](CC)C4=C(C=C(C)CC4)C3(C)C)=C2OC(c2cc[n+](C)cc2)C(C)C)C(C)(C)c2cc(C)ccc21. The van der Waals surface area contributed by atoms with Crippen molar-refractivity contribution in [2.24, 2.45) is 23.8 Å². The Hall–Kier alpha value is -3.66. The molecular formula is C46H63N3O+2. The zero-order valence-electron chi connectivity index (χ0n) is 33.2. The van der Waals surface area contributed by atoms with E-state index in [-0.39, 0.29) is 22.3 Å². The fourth-order valence-electron chi connectivity index (χ4n) is 9.17. The van der Waals surface area contributed by atoms with Gasteiger partial charge in [0.15, 0.2) is 23.8 Å². The number of nitrogens with zero attached hydrogens (tertiary/aromatic N) is 3. The maximum Gasteiger partial charge on any atom is 0.191 e. The molecule has 2 aromatic rings. The van der Waals surface area contributed by atoms with Gasteiger partial charge in [0.2, 0.25) is 0 Å². The summed E-state index contributed by atoms with van der Waals surface area (Å²) in [7, 11) is 2.08. The first kappa shape index (κ1) is 36.1. The molecule has 50 heavy (non-hydrogen) atoms. The third-order valence-electron chi connectivity index (χ3n) is 12.2. The number of hydrogen-bond acceptors (Lipinski definition) is 2. The van der Waals surface area contributed by atoms with Crippen molar-refractivity contribution in [3.05, 3.63) is 118 Å². The van der Waals surface area contributed by atoms with Crippen molar-refractivity contribution in [1.82, 2.24) is 0 Å². The van der Waals surface area contributed by atoms with Gasteiger partial charge in [0.05, 0.1) is 5.41 Å². The average molecular weight is 674 g/mol. The molecule has 0 fully saturated rings. The first-order chi connectivity index (χ1) is 23.6. The number of ether oxygens (including phenoxy) is 1. The quantitative estimate of drug-likeness (QED) is 0.234. The number of aryl methyl sites for hydroxylation is 2. The van der Waals surface area contributed by atoms with Gasteiger partial charge >= 0.3 is 0 Å². The molecule has 2 aliphatic heterocycles. The van der Waals surface area contributed by atoms with Gasteiger partial charge in [-0.1, -0.05) is 70.0 Å². The molecule has 0 radical (unpaired) electrons. The second-order valence-electron chi connectivity index (χ2n) is 17.1. The monoisotopic (exact) mass is 673 g/mol. The molecular weight excluding hydrogens is 611 g/mol. The summed E-state index contributed by atoms with van der Waals surface area (Å²) in [5, 5.41) is 0. The highest BCUT2D eigenvalue weighted by Crippen LogP contribution is 2.53. The second kappa shape index (κ2) is 13.5. The summed E-state index contributed by atoms with van der Waals surface area (Å²) in [5.74, 6) is 1.51. The molecule has 4 nitrogen and oxygen atoms in total. The fraction of sp³-hybridized carbons (Fsp3) is 0.522. The van der Waals surface area contributed by atoms with Crippen LogP contribution in [0.1, 0.15) is 124 Å². The smallest absolute Gasteiger partial charge is 0.191 e. The summed E-state index contributed by atoms with van der Waals surface area (Å²) in [6.45, 7) is 27.7. The Balaban J connectivity index is 1.42. The van der Waals surface area contributed by atoms with Gasteiger partial charge in [-0.2, -0.15) is 4.58 Å². The number of rotatable bonds is 10. The van der Waals surface area contributed by atoms with Crippen LogP contribution in [0.5, 0.6) is 0 Å². The van der Waals surface area contributed by atoms with E-state index >= 15 is 0 Å². The number of likely N-dealkylation sites (N-methyl/N-ethyl adjacent to an activating group) is 1. The second-order valence-corrected chi connectivity index (χ2v) is 17.1. The van der Waals surface area contributed by atoms with Crippen molar-refractivity contribution < 1.29 is 13.9 Å². The maximum atomic E-state index is 7.39. The molecule has 2 atom stereocenters. The van der Waals surface area contributed by atoms with E-state index in [1.807, 2.05) is 0 Å². The van der Waals surface area contributed by atoms with Gasteiger partial charge in [0.25, 0.3) is 0 Å². The van der Waals surface area contributed by atoms with Gasteiger partial charge in [-0.25, -0.2) is 4.57 Å². The first-order valence-electron chi connectivity index (χ1n) is 19.3. The Morgan fingerprint density at radius 3 is 2.30 bits per heavy atom. The highest BCUT2D eigenvalue weighted by Gasteiger charge is 2.47. The first-order valence-corrected chi connectivity index (χ1v) is 19.3. The highest BCUT2D eigenvalue weighted by atomic mass is 16.5. The molecule has 0 amide bonds. The van der Waals surface area contributed by atoms with Crippen molar-refractivity contribution in [2.45, 2.75) is 120 Å². The summed E-state index contributed by atoms with van der Waals surface area (Å²) in [6.07, 6.45) is 19.5. The maximum absolute atomic E-state index is 7.39. The van der Waals surface area contributed by atoms with Crippen LogP contribution in [0.2, 0.25) is 0 Å². The van der Waals surface area contributed by atoms with Gasteiger partial charge in [0, 0.05) is 64.5 Å². The van der Waals surface area contributed by atoms with Crippen LogP contribution in [0.3, 0.4) is 0 Å². The third-order valence-corrected chi connectivity index (χ3v) is 12.2. The van der Waals surface area contributed by atoms with E-state index in [9.17, 15) is 0 Å². The van der Waals surface area contributed by atoms with E-state index in [0.29, 0.717) is 5.92 Å². The van der Waals surface area contributed by atoms with E-state index in [2.05, 4.69) is 164 Å². The number of aromatic nitrogens is 1. The molecule has 0 spiro atoms. The number of fused-ring (bicyclic) bond motifs is 1. The summed E-state index contributed by atoms with van der Waals surface area (Å²) < 4.78 is 12.1. The van der Waals surface area contributed by atoms with Crippen molar-refractivity contribution in [2.75, 3.05) is 18.0 Å². The molecule has 2 aliphatic carbocycles. The minimum absolute atomic E-state index is 0.0215. The van der Waals surface area contributed by atoms with Crippen molar-refractivity contribution in [3.63, 3.8) is 0 Å². The molecule has 0 bridgehead atoms. The molecule has 0 saturated heterocycles. The van der Waals surface area contributed by atoms with Crippen LogP contribution in [0.4, 0.5) is 5.69 Å². The Bertz CT molecular complexity index is 1840. The van der Waals surface area contributed by atoms with Gasteiger partial charge < -0.3 is 9.64 Å². The van der Waals surface area contributed by atoms with Crippen LogP contribution in [0.25, 0.3) is 0 Å². The Morgan fingerprint density at radius 2 is 1.64 bits per heavy atom. The van der Waals surface area contributed by atoms with Crippen LogP contribution in [0, 0.1) is 23.7 Å². The summed E-state index contributed by atoms with van der Waals surface area (Å²) >= 11 is 0. The summed E-state index contributed by atoms with van der Waals surface area (Å²) in [6, 6.07) is 11.4. The Kier molecular flexibility index (Phi) is 9.74. The van der Waals surface area contributed by atoms with Crippen LogP contribution < -0.4 is 9.47 Å². The van der Waals surface area contributed by atoms with Gasteiger partial charge in [-0.05, 0) is 96.4 Å². The zero-order chi connectivity index (χ0) is 36.2. The molecule has 1 aromatic heterocycles. The lowest BCUT2D eigenvalue weighted by molar-refractivity contribution is -0.671. The van der Waals surface area contributed by atoms with Crippen LogP contribution in [0.15, 0.2) is 101 Å². The van der Waals surface area contributed by atoms with Crippen LogP contribution >= 0.6 is 0 Å². The minimum atomic E-state index is -0.114. The predicted molar refractivity (Wildman–Crippen MR) is 209 cm³/mol. The topological polar surface area (TPSA) is 19.4 Å². The number of allylic oxidation sites excluding steroid dienone is 10. The standard InChI is InChI=1S/C46H63N3O/c1-13-48-38-18-15-32(5)29-36(38)44(7,8)40(48)20-17-35-21-25-46(11,43(35)50-42(31(3)4)34-23-27-47(12)28-24-34)26-22-41-45(9,10)37-30-33(6)16-19-39(37)49(41)14-2/h16-17,19-20,22-24,27-31,42H,13-15,18,21,25-26H2,1-12H3/q+2/b20-17+,41-22+. The van der Waals surface area contributed by atoms with E-state index in [1.54, 1.807) is 0 Å². The molecule has 3 heterocycles.